The number of nitrogens with zero attached hydrogens (tertiary/aromatic N) is 1. The fourth-order valence-electron chi connectivity index (χ4n) is 3.45. The molecule has 0 unspecified atom stereocenters. The molecule has 2 aromatic rings. The molecule has 0 bridgehead atoms. The molecule has 4 rings (SSSR count). The van der Waals surface area contributed by atoms with Crippen LogP contribution in [0.3, 0.4) is 0 Å². The van der Waals surface area contributed by atoms with Gasteiger partial charge in [0.2, 0.25) is 5.91 Å². The van der Waals surface area contributed by atoms with E-state index in [0.29, 0.717) is 5.56 Å². The molecule has 160 valence electrons. The molecule has 2 aliphatic heterocycles. The van der Waals surface area contributed by atoms with Gasteiger partial charge in [0.1, 0.15) is 24.8 Å². The summed E-state index contributed by atoms with van der Waals surface area (Å²) in [5, 5.41) is 4.96. The molecule has 10 heteroatoms. The van der Waals surface area contributed by atoms with E-state index < -0.39 is 42.1 Å². The van der Waals surface area contributed by atoms with Crippen molar-refractivity contribution in [1.82, 2.24) is 10.2 Å². The van der Waals surface area contributed by atoms with Crippen LogP contribution >= 0.6 is 11.8 Å². The first-order valence-electron chi connectivity index (χ1n) is 9.24. The smallest absolute Gasteiger partial charge is 0.338 e. The zero-order valence-electron chi connectivity index (χ0n) is 16.3. The van der Waals surface area contributed by atoms with E-state index in [-0.39, 0.29) is 23.6 Å². The van der Waals surface area contributed by atoms with Crippen LogP contribution in [0.4, 0.5) is 19.3 Å². The van der Waals surface area contributed by atoms with E-state index in [1.807, 2.05) is 30.5 Å². The maximum Gasteiger partial charge on any atom is 0.338 e. The second-order valence-electron chi connectivity index (χ2n) is 6.85. The van der Waals surface area contributed by atoms with Crippen molar-refractivity contribution < 1.29 is 27.9 Å². The van der Waals surface area contributed by atoms with Crippen LogP contribution in [0.5, 0.6) is 0 Å². The lowest BCUT2D eigenvalue weighted by atomic mass is 9.96. The van der Waals surface area contributed by atoms with Gasteiger partial charge in [-0.05, 0) is 36.1 Å². The Labute approximate surface area is 180 Å². The van der Waals surface area contributed by atoms with Gasteiger partial charge in [-0.2, -0.15) is 0 Å². The largest absolute Gasteiger partial charge is 0.456 e. The number of carbonyl (C=O) groups is 3. The molecule has 3 amide bonds. The molecule has 0 fully saturated rings. The Bertz CT molecular complexity index is 1100. The first-order valence-corrected chi connectivity index (χ1v) is 10.5. The first-order chi connectivity index (χ1) is 14.9. The lowest BCUT2D eigenvalue weighted by Gasteiger charge is -2.32. The number of nitrogens with one attached hydrogen (secondary N) is 2. The monoisotopic (exact) mass is 445 g/mol. The summed E-state index contributed by atoms with van der Waals surface area (Å²) in [5.74, 6) is -2.88. The van der Waals surface area contributed by atoms with Crippen molar-refractivity contribution >= 4 is 35.4 Å². The van der Waals surface area contributed by atoms with Gasteiger partial charge < -0.3 is 15.4 Å². The van der Waals surface area contributed by atoms with Crippen molar-refractivity contribution in [2.75, 3.05) is 24.7 Å². The number of halogens is 2. The number of thioether (sulfide) groups is 1. The Morgan fingerprint density at radius 3 is 2.68 bits per heavy atom. The summed E-state index contributed by atoms with van der Waals surface area (Å²) < 4.78 is 32.2. The minimum Gasteiger partial charge on any atom is -0.456 e. The Balaban J connectivity index is 1.59. The number of ether oxygens (including phenoxy) is 1. The highest BCUT2D eigenvalue weighted by Crippen LogP contribution is 2.35. The lowest BCUT2D eigenvalue weighted by Crippen LogP contribution is -2.49. The van der Waals surface area contributed by atoms with E-state index in [2.05, 4.69) is 10.6 Å². The third kappa shape index (κ3) is 4.11. The van der Waals surface area contributed by atoms with E-state index in [0.717, 1.165) is 28.0 Å². The third-order valence-electron chi connectivity index (χ3n) is 4.95. The highest BCUT2D eigenvalue weighted by molar-refractivity contribution is 7.98. The van der Waals surface area contributed by atoms with Crippen LogP contribution < -0.4 is 10.6 Å². The molecule has 2 aliphatic rings. The summed E-state index contributed by atoms with van der Waals surface area (Å²) >= 11 is 1.56. The van der Waals surface area contributed by atoms with Gasteiger partial charge in [0.15, 0.2) is 0 Å². The van der Waals surface area contributed by atoms with Gasteiger partial charge >= 0.3 is 12.0 Å². The summed E-state index contributed by atoms with van der Waals surface area (Å²) in [7, 11) is 0. The molecule has 0 saturated heterocycles. The van der Waals surface area contributed by atoms with E-state index in [1.54, 1.807) is 11.8 Å². The van der Waals surface area contributed by atoms with Gasteiger partial charge in [0, 0.05) is 11.0 Å². The minimum absolute atomic E-state index is 0.164. The molecule has 0 radical (unpaired) electrons. The predicted octanol–water partition coefficient (Wildman–Crippen LogP) is 3.20. The number of rotatable bonds is 5. The molecule has 0 aliphatic carbocycles. The molecule has 0 spiro atoms. The highest BCUT2D eigenvalue weighted by Gasteiger charge is 2.42. The average Bonchev–Trinajstić information content (AvgIpc) is 3.14. The Morgan fingerprint density at radius 2 is 1.97 bits per heavy atom. The summed E-state index contributed by atoms with van der Waals surface area (Å²) in [6.07, 6.45) is 1.94. The maximum absolute atomic E-state index is 13.8. The van der Waals surface area contributed by atoms with Crippen LogP contribution in [-0.2, 0) is 14.3 Å². The van der Waals surface area contributed by atoms with Gasteiger partial charge in [-0.15, -0.1) is 11.8 Å². The molecule has 2 heterocycles. The third-order valence-corrected chi connectivity index (χ3v) is 5.70. The van der Waals surface area contributed by atoms with Gasteiger partial charge in [-0.1, -0.05) is 12.1 Å². The molecular formula is C21H17F2N3O4S. The molecule has 2 N–H and O–H groups in total. The number of carbonyl (C=O) groups excluding carboxylic acids is 3. The molecule has 31 heavy (non-hydrogen) atoms. The fraction of sp³-hybridized carbons (Fsp3) is 0.190. The number of urea groups is 1. The second kappa shape index (κ2) is 8.38. The maximum atomic E-state index is 13.8. The zero-order valence-corrected chi connectivity index (χ0v) is 17.1. The quantitative estimate of drug-likeness (QED) is 0.545. The number of hydrogen-bond donors (Lipinski definition) is 2. The van der Waals surface area contributed by atoms with E-state index in [1.165, 1.54) is 0 Å². The number of anilines is 1. The highest BCUT2D eigenvalue weighted by atomic mass is 32.2. The Kier molecular flexibility index (Phi) is 5.64. The van der Waals surface area contributed by atoms with Crippen LogP contribution in [0, 0.1) is 11.6 Å². The van der Waals surface area contributed by atoms with Crippen molar-refractivity contribution in [2.24, 2.45) is 0 Å². The number of amides is 3. The van der Waals surface area contributed by atoms with Gasteiger partial charge in [0.05, 0.1) is 23.0 Å². The molecule has 7 nitrogen and oxygen atoms in total. The van der Waals surface area contributed by atoms with Gasteiger partial charge in [-0.25, -0.2) is 18.4 Å². The van der Waals surface area contributed by atoms with Crippen molar-refractivity contribution in [3.05, 3.63) is 70.9 Å². The van der Waals surface area contributed by atoms with Crippen LogP contribution in [-0.4, -0.2) is 42.2 Å². The van der Waals surface area contributed by atoms with Crippen molar-refractivity contribution in [2.45, 2.75) is 10.9 Å². The van der Waals surface area contributed by atoms with Crippen molar-refractivity contribution in [1.29, 1.82) is 0 Å². The fourth-order valence-corrected chi connectivity index (χ4v) is 3.86. The summed E-state index contributed by atoms with van der Waals surface area (Å²) in [5.41, 5.74) is 0.856. The summed E-state index contributed by atoms with van der Waals surface area (Å²) in [4.78, 5) is 39.6. The normalized spacial score (nSPS) is 17.9. The average molecular weight is 445 g/mol. The number of benzene rings is 2. The predicted molar refractivity (Wildman–Crippen MR) is 109 cm³/mol. The zero-order chi connectivity index (χ0) is 22.1. The van der Waals surface area contributed by atoms with E-state index >= 15 is 0 Å². The minimum atomic E-state index is -0.814. The lowest BCUT2D eigenvalue weighted by molar-refractivity contribution is -0.136. The molecule has 2 aromatic carbocycles. The van der Waals surface area contributed by atoms with Gasteiger partial charge in [0.25, 0.3) is 0 Å². The molecule has 0 saturated carbocycles. The topological polar surface area (TPSA) is 87.7 Å². The van der Waals surface area contributed by atoms with Crippen molar-refractivity contribution in [3.63, 3.8) is 0 Å². The number of cyclic esters (lactones) is 1. The molecule has 0 aromatic heterocycles. The second-order valence-corrected chi connectivity index (χ2v) is 7.73. The standard InChI is InChI=1S/C21H17F2N3O4S/c1-31-13-5-2-11(3-6-13)19-18-16(10-30-20(18)28)26(21(29)25-19)9-17(27)24-15-8-12(22)4-7-14(15)23/h2-8,19H,9-10H2,1H3,(H,24,27)(H,25,29)/t19-/m1/s1. The Hall–Kier alpha value is -3.40. The van der Waals surface area contributed by atoms with Crippen LogP contribution in [0.15, 0.2) is 58.6 Å². The number of esters is 1. The summed E-state index contributed by atoms with van der Waals surface area (Å²) in [6.45, 7) is -0.669. The van der Waals surface area contributed by atoms with Crippen LogP contribution in [0.25, 0.3) is 0 Å². The number of hydrogen-bond acceptors (Lipinski definition) is 5. The molecular weight excluding hydrogens is 428 g/mol. The van der Waals surface area contributed by atoms with Crippen LogP contribution in [0.1, 0.15) is 11.6 Å². The van der Waals surface area contributed by atoms with E-state index in [4.69, 9.17) is 4.74 Å². The van der Waals surface area contributed by atoms with E-state index in [9.17, 15) is 23.2 Å². The van der Waals surface area contributed by atoms with Crippen LogP contribution in [0.2, 0.25) is 0 Å². The SMILES string of the molecule is CSc1ccc([C@H]2NC(=O)N(CC(=O)Nc3cc(F)ccc3F)C3=C2C(=O)OC3)cc1. The summed E-state index contributed by atoms with van der Waals surface area (Å²) in [6, 6.07) is 8.69. The van der Waals surface area contributed by atoms with Gasteiger partial charge in [-0.3, -0.25) is 9.69 Å². The Morgan fingerprint density at radius 1 is 1.23 bits per heavy atom. The van der Waals surface area contributed by atoms with Crippen molar-refractivity contribution in [3.8, 4) is 0 Å². The first kappa shape index (κ1) is 20.9. The molecule has 1 atom stereocenters.